The Labute approximate surface area is 191 Å². The number of morpholine rings is 1. The molecular formula is C26H34N2O4. The zero-order valence-corrected chi connectivity index (χ0v) is 19.4. The van der Waals surface area contributed by atoms with Crippen molar-refractivity contribution in [1.82, 2.24) is 5.06 Å². The van der Waals surface area contributed by atoms with Gasteiger partial charge in [-0.05, 0) is 28.6 Å². The van der Waals surface area contributed by atoms with Gasteiger partial charge in [0, 0.05) is 5.92 Å². The first kappa shape index (κ1) is 23.8. The van der Waals surface area contributed by atoms with Crippen molar-refractivity contribution in [3.05, 3.63) is 71.8 Å². The van der Waals surface area contributed by atoms with E-state index in [2.05, 4.69) is 19.0 Å². The number of oxime groups is 1. The molecule has 1 saturated heterocycles. The molecule has 0 aromatic heterocycles. The average molecular weight is 439 g/mol. The Balaban J connectivity index is 1.85. The summed E-state index contributed by atoms with van der Waals surface area (Å²) in [6.45, 7) is 8.81. The first-order valence-electron chi connectivity index (χ1n) is 11.4. The number of nitrogens with zero attached hydrogens (tertiary/aromatic N) is 2. The lowest BCUT2D eigenvalue weighted by molar-refractivity contribution is -0.223. The number of hydrogen-bond donors (Lipinski definition) is 0. The van der Waals surface area contributed by atoms with Gasteiger partial charge in [-0.3, -0.25) is 9.63 Å². The summed E-state index contributed by atoms with van der Waals surface area (Å²) in [5, 5.41) is 5.83. The summed E-state index contributed by atoms with van der Waals surface area (Å²) < 4.78 is 6.16. The summed E-state index contributed by atoms with van der Waals surface area (Å²) in [5.41, 5.74) is 2.01. The molecular weight excluding hydrogens is 404 g/mol. The van der Waals surface area contributed by atoms with Gasteiger partial charge in [0.15, 0.2) is 6.10 Å². The molecule has 172 valence electrons. The molecule has 0 saturated carbocycles. The number of hydroxylamine groups is 2. The van der Waals surface area contributed by atoms with Gasteiger partial charge >= 0.3 is 0 Å². The lowest BCUT2D eigenvalue weighted by Gasteiger charge is -2.42. The van der Waals surface area contributed by atoms with Crippen LogP contribution in [0.3, 0.4) is 0 Å². The molecule has 1 heterocycles. The first-order valence-corrected chi connectivity index (χ1v) is 11.4. The van der Waals surface area contributed by atoms with Crippen LogP contribution in [0, 0.1) is 11.8 Å². The summed E-state index contributed by atoms with van der Waals surface area (Å²) in [5.74, 6) is 0.324. The second-order valence-electron chi connectivity index (χ2n) is 8.37. The molecule has 2 aromatic rings. The Morgan fingerprint density at radius 2 is 1.47 bits per heavy atom. The van der Waals surface area contributed by atoms with Crippen LogP contribution in [-0.2, 0) is 32.4 Å². The standard InChI is InChI=1S/C26H34N2O4/c1-5-19(3)23-25(27-30-17-21-13-9-7-10-14-21)32-24(20(4)6-2)26(29)28(23)31-18-22-15-11-8-12-16-22/h7-16,19-20,23-24H,5-6,17-18H2,1-4H3/b27-25-/t19-,20+,23+,24-/m1/s1. The number of rotatable bonds is 10. The number of ether oxygens (including phenoxy) is 1. The normalized spacial score (nSPS) is 21.8. The lowest BCUT2D eigenvalue weighted by Crippen LogP contribution is -2.60. The number of benzene rings is 2. The van der Waals surface area contributed by atoms with Crippen LogP contribution in [0.5, 0.6) is 0 Å². The fourth-order valence-electron chi connectivity index (χ4n) is 3.57. The molecule has 6 heteroatoms. The number of carbonyl (C=O) groups is 1. The molecule has 1 fully saturated rings. The number of carbonyl (C=O) groups excluding carboxylic acids is 1. The van der Waals surface area contributed by atoms with Crippen molar-refractivity contribution in [3.8, 4) is 0 Å². The van der Waals surface area contributed by atoms with E-state index in [9.17, 15) is 4.79 Å². The minimum absolute atomic E-state index is 0.0162. The highest BCUT2D eigenvalue weighted by molar-refractivity contribution is 5.94. The fraction of sp³-hybridized carbons (Fsp3) is 0.462. The molecule has 0 aliphatic carbocycles. The molecule has 0 unspecified atom stereocenters. The molecule has 4 atom stereocenters. The third kappa shape index (κ3) is 5.88. The monoisotopic (exact) mass is 438 g/mol. The summed E-state index contributed by atoms with van der Waals surface area (Å²) in [6.07, 6.45) is 0.975. The van der Waals surface area contributed by atoms with E-state index in [1.54, 1.807) is 0 Å². The van der Waals surface area contributed by atoms with E-state index in [0.29, 0.717) is 19.1 Å². The molecule has 0 radical (unpaired) electrons. The van der Waals surface area contributed by atoms with Gasteiger partial charge in [0.05, 0.1) is 0 Å². The smallest absolute Gasteiger partial charge is 0.288 e. The summed E-state index contributed by atoms with van der Waals surface area (Å²) in [4.78, 5) is 25.2. The van der Waals surface area contributed by atoms with E-state index in [1.165, 1.54) is 5.06 Å². The molecule has 6 nitrogen and oxygen atoms in total. The SMILES string of the molecule is CC[C@@H](C)[C@H]1/C(=N/OCc2ccccc2)O[C@H]([C@@H](C)CC)C(=O)N1OCc1ccccc1. The van der Waals surface area contributed by atoms with Crippen LogP contribution in [0.25, 0.3) is 0 Å². The van der Waals surface area contributed by atoms with Gasteiger partial charge in [-0.15, -0.1) is 0 Å². The zero-order valence-electron chi connectivity index (χ0n) is 19.4. The maximum absolute atomic E-state index is 13.4. The molecule has 0 bridgehead atoms. The molecule has 0 spiro atoms. The largest absolute Gasteiger partial charge is 0.463 e. The van der Waals surface area contributed by atoms with Crippen LogP contribution in [0.15, 0.2) is 65.8 Å². The molecule has 1 aliphatic rings. The van der Waals surface area contributed by atoms with E-state index in [4.69, 9.17) is 14.4 Å². The average Bonchev–Trinajstić information content (AvgIpc) is 2.84. The van der Waals surface area contributed by atoms with Crippen molar-refractivity contribution in [2.75, 3.05) is 0 Å². The van der Waals surface area contributed by atoms with Crippen LogP contribution >= 0.6 is 0 Å². The Morgan fingerprint density at radius 1 is 0.906 bits per heavy atom. The molecule has 32 heavy (non-hydrogen) atoms. The molecule has 0 N–H and O–H groups in total. The Hall–Kier alpha value is -2.86. The van der Waals surface area contributed by atoms with Crippen molar-refractivity contribution in [3.63, 3.8) is 0 Å². The molecule has 2 aromatic carbocycles. The molecule has 1 aliphatic heterocycles. The van der Waals surface area contributed by atoms with E-state index in [1.807, 2.05) is 74.5 Å². The zero-order chi connectivity index (χ0) is 22.9. The highest BCUT2D eigenvalue weighted by atomic mass is 16.7. The lowest BCUT2D eigenvalue weighted by atomic mass is 9.93. The maximum Gasteiger partial charge on any atom is 0.288 e. The van der Waals surface area contributed by atoms with E-state index < -0.39 is 12.1 Å². The Morgan fingerprint density at radius 3 is 2.03 bits per heavy atom. The highest BCUT2D eigenvalue weighted by Crippen LogP contribution is 2.29. The minimum atomic E-state index is -0.657. The van der Waals surface area contributed by atoms with Crippen LogP contribution in [-0.4, -0.2) is 29.0 Å². The quantitative estimate of drug-likeness (QED) is 0.470. The fourth-order valence-corrected chi connectivity index (χ4v) is 3.57. The first-order chi connectivity index (χ1) is 15.5. The van der Waals surface area contributed by atoms with Crippen LogP contribution in [0.4, 0.5) is 0 Å². The van der Waals surface area contributed by atoms with E-state index >= 15 is 0 Å². The van der Waals surface area contributed by atoms with Crippen LogP contribution in [0.2, 0.25) is 0 Å². The Kier molecular flexibility index (Phi) is 8.68. The van der Waals surface area contributed by atoms with Crippen molar-refractivity contribution in [2.24, 2.45) is 17.0 Å². The second-order valence-corrected chi connectivity index (χ2v) is 8.37. The Bertz CT molecular complexity index is 872. The van der Waals surface area contributed by atoms with Gasteiger partial charge < -0.3 is 9.57 Å². The van der Waals surface area contributed by atoms with Gasteiger partial charge in [-0.25, -0.2) is 5.06 Å². The van der Waals surface area contributed by atoms with Crippen molar-refractivity contribution in [2.45, 2.75) is 65.9 Å². The van der Waals surface area contributed by atoms with E-state index in [-0.39, 0.29) is 17.7 Å². The highest BCUT2D eigenvalue weighted by Gasteiger charge is 2.46. The topological polar surface area (TPSA) is 60.4 Å². The number of hydrogen-bond acceptors (Lipinski definition) is 5. The third-order valence-electron chi connectivity index (χ3n) is 6.00. The summed E-state index contributed by atoms with van der Waals surface area (Å²) in [7, 11) is 0. The summed E-state index contributed by atoms with van der Waals surface area (Å²) >= 11 is 0. The van der Waals surface area contributed by atoms with Gasteiger partial charge in [-0.2, -0.15) is 0 Å². The maximum atomic E-state index is 13.4. The third-order valence-corrected chi connectivity index (χ3v) is 6.00. The van der Waals surface area contributed by atoms with Gasteiger partial charge in [0.25, 0.3) is 11.8 Å². The van der Waals surface area contributed by atoms with E-state index in [0.717, 1.165) is 24.0 Å². The van der Waals surface area contributed by atoms with Crippen molar-refractivity contribution in [1.29, 1.82) is 0 Å². The molecule has 3 rings (SSSR count). The van der Waals surface area contributed by atoms with Crippen LogP contribution in [0.1, 0.15) is 51.7 Å². The predicted octanol–water partition coefficient (Wildman–Crippen LogP) is 5.34. The van der Waals surface area contributed by atoms with Gasteiger partial charge in [0.1, 0.15) is 19.3 Å². The van der Waals surface area contributed by atoms with Crippen LogP contribution < -0.4 is 0 Å². The molecule has 1 amide bonds. The van der Waals surface area contributed by atoms with Crippen molar-refractivity contribution >= 4 is 11.8 Å². The van der Waals surface area contributed by atoms with Gasteiger partial charge in [0.2, 0.25) is 0 Å². The second kappa shape index (κ2) is 11.7. The van der Waals surface area contributed by atoms with Crippen molar-refractivity contribution < 1.29 is 19.2 Å². The predicted molar refractivity (Wildman–Crippen MR) is 124 cm³/mol. The van der Waals surface area contributed by atoms with Gasteiger partial charge in [-0.1, -0.05) is 94.8 Å². The number of amides is 1. The minimum Gasteiger partial charge on any atom is -0.463 e. The summed E-state index contributed by atoms with van der Waals surface area (Å²) in [6, 6.07) is 19.2.